The second-order valence-corrected chi connectivity index (χ2v) is 1.75. The minimum atomic E-state index is 0. The number of aliphatic hydroxyl groups is 1. The lowest BCUT2D eigenvalue weighted by Crippen LogP contribution is -2.38. The molecule has 0 radical (unpaired) electrons. The Labute approximate surface area is 84.5 Å². The first-order valence-corrected chi connectivity index (χ1v) is 3.40. The van der Waals surface area contributed by atoms with Crippen LogP contribution in [0.3, 0.4) is 0 Å². The van der Waals surface area contributed by atoms with Crippen LogP contribution in [0.25, 0.3) is 0 Å². The Hall–Kier alpha value is -0.0400. The van der Waals surface area contributed by atoms with E-state index in [9.17, 15) is 0 Å². The Bertz CT molecular complexity index is 108. The Morgan fingerprint density at radius 1 is 1.45 bits per heavy atom. The first-order chi connectivity index (χ1) is 4.85. The maximum Gasteiger partial charge on any atom is 0.191 e. The van der Waals surface area contributed by atoms with Crippen LogP contribution < -0.4 is 10.6 Å². The van der Waals surface area contributed by atoms with Gasteiger partial charge in [0.1, 0.15) is 0 Å². The topological polar surface area (TPSA) is 56.7 Å². The molecular formula is C6H16IN3O. The minimum Gasteiger partial charge on any atom is -0.395 e. The highest BCUT2D eigenvalue weighted by Crippen LogP contribution is 1.64. The molecule has 0 atom stereocenters. The number of aliphatic imine (C=N–C) groups is 1. The van der Waals surface area contributed by atoms with E-state index in [4.69, 9.17) is 5.11 Å². The first-order valence-electron chi connectivity index (χ1n) is 3.40. The van der Waals surface area contributed by atoms with E-state index >= 15 is 0 Å². The number of nitrogens with one attached hydrogen (secondary N) is 2. The summed E-state index contributed by atoms with van der Waals surface area (Å²) in [7, 11) is 1.70. The number of hydrogen-bond donors (Lipinski definition) is 3. The summed E-state index contributed by atoms with van der Waals surface area (Å²) < 4.78 is 0. The van der Waals surface area contributed by atoms with Crippen LogP contribution in [-0.4, -0.2) is 37.8 Å². The van der Waals surface area contributed by atoms with Gasteiger partial charge < -0.3 is 15.7 Å². The second kappa shape index (κ2) is 9.96. The predicted molar refractivity (Wildman–Crippen MR) is 57.5 cm³/mol. The first kappa shape index (κ1) is 13.5. The van der Waals surface area contributed by atoms with E-state index in [1.54, 1.807) is 7.05 Å². The molecule has 0 saturated carbocycles. The highest BCUT2D eigenvalue weighted by atomic mass is 127. The molecule has 0 unspecified atom stereocenters. The van der Waals surface area contributed by atoms with Gasteiger partial charge in [0.2, 0.25) is 0 Å². The number of aliphatic hydroxyl groups excluding tert-OH is 1. The van der Waals surface area contributed by atoms with E-state index in [-0.39, 0.29) is 30.6 Å². The molecule has 0 rings (SSSR count). The Morgan fingerprint density at radius 2 is 2.09 bits per heavy atom. The number of nitrogens with zero attached hydrogens (tertiary/aromatic N) is 1. The molecule has 11 heavy (non-hydrogen) atoms. The summed E-state index contributed by atoms with van der Waals surface area (Å²) in [5.74, 6) is 0.733. The van der Waals surface area contributed by atoms with Crippen LogP contribution in [0.15, 0.2) is 4.99 Å². The van der Waals surface area contributed by atoms with E-state index in [0.717, 1.165) is 12.5 Å². The van der Waals surface area contributed by atoms with Gasteiger partial charge >= 0.3 is 0 Å². The number of guanidine groups is 1. The fourth-order valence-electron chi connectivity index (χ4n) is 0.562. The molecule has 0 saturated heterocycles. The molecule has 0 aromatic rings. The molecule has 0 fully saturated rings. The Morgan fingerprint density at radius 3 is 2.45 bits per heavy atom. The van der Waals surface area contributed by atoms with Crippen molar-refractivity contribution in [3.05, 3.63) is 0 Å². The summed E-state index contributed by atoms with van der Waals surface area (Å²) in [5.41, 5.74) is 0. The standard InChI is InChI=1S/C6H15N3O.HI/c1-3-8-6(7-2)9-4-5-10;/h10H,3-5H2,1-2H3,(H2,7,8,9);1H. The molecule has 0 heterocycles. The zero-order chi connectivity index (χ0) is 7.82. The van der Waals surface area contributed by atoms with E-state index < -0.39 is 0 Å². The number of hydrogen-bond acceptors (Lipinski definition) is 2. The maximum atomic E-state index is 8.43. The van der Waals surface area contributed by atoms with E-state index in [1.165, 1.54) is 0 Å². The summed E-state index contributed by atoms with van der Waals surface area (Å²) in [5, 5.41) is 14.3. The normalized spacial score (nSPS) is 10.3. The highest BCUT2D eigenvalue weighted by Gasteiger charge is 1.90. The lowest BCUT2D eigenvalue weighted by Gasteiger charge is -2.07. The molecule has 0 bridgehead atoms. The van der Waals surface area contributed by atoms with Crippen LogP contribution in [0.5, 0.6) is 0 Å². The van der Waals surface area contributed by atoms with Crippen molar-refractivity contribution in [3.8, 4) is 0 Å². The maximum absolute atomic E-state index is 8.43. The van der Waals surface area contributed by atoms with Crippen molar-refractivity contribution < 1.29 is 5.11 Å². The molecule has 0 aromatic heterocycles. The molecule has 4 nitrogen and oxygen atoms in total. The van der Waals surface area contributed by atoms with Crippen molar-refractivity contribution in [2.45, 2.75) is 6.92 Å². The second-order valence-electron chi connectivity index (χ2n) is 1.75. The van der Waals surface area contributed by atoms with Crippen LogP contribution in [0.4, 0.5) is 0 Å². The van der Waals surface area contributed by atoms with E-state index in [1.807, 2.05) is 6.92 Å². The molecule has 0 aliphatic heterocycles. The van der Waals surface area contributed by atoms with Crippen LogP contribution in [0.2, 0.25) is 0 Å². The van der Waals surface area contributed by atoms with Crippen LogP contribution in [0, 0.1) is 0 Å². The minimum absolute atomic E-state index is 0. The van der Waals surface area contributed by atoms with Gasteiger partial charge in [-0.15, -0.1) is 24.0 Å². The van der Waals surface area contributed by atoms with E-state index in [0.29, 0.717) is 6.54 Å². The third-order valence-electron chi connectivity index (χ3n) is 0.972. The third-order valence-corrected chi connectivity index (χ3v) is 0.972. The van der Waals surface area contributed by atoms with Crippen LogP contribution in [0.1, 0.15) is 6.92 Å². The largest absolute Gasteiger partial charge is 0.395 e. The molecule has 3 N–H and O–H groups in total. The molecule has 0 aliphatic rings. The van der Waals surface area contributed by atoms with Gasteiger partial charge in [0.05, 0.1) is 6.61 Å². The van der Waals surface area contributed by atoms with E-state index in [2.05, 4.69) is 15.6 Å². The smallest absolute Gasteiger partial charge is 0.191 e. The van der Waals surface area contributed by atoms with Crippen molar-refractivity contribution in [3.63, 3.8) is 0 Å². The Kier molecular flexibility index (Phi) is 12.3. The molecule has 5 heteroatoms. The summed E-state index contributed by atoms with van der Waals surface area (Å²) in [4.78, 5) is 3.90. The molecular weight excluding hydrogens is 257 g/mol. The summed E-state index contributed by atoms with van der Waals surface area (Å²) in [6.07, 6.45) is 0. The molecule has 68 valence electrons. The van der Waals surface area contributed by atoms with Gasteiger partial charge in [0.15, 0.2) is 5.96 Å². The lowest BCUT2D eigenvalue weighted by atomic mass is 10.6. The summed E-state index contributed by atoms with van der Waals surface area (Å²) in [6.45, 7) is 3.50. The fourth-order valence-corrected chi connectivity index (χ4v) is 0.562. The van der Waals surface area contributed by atoms with Crippen molar-refractivity contribution in [2.24, 2.45) is 4.99 Å². The quantitative estimate of drug-likeness (QED) is 0.378. The van der Waals surface area contributed by atoms with Gasteiger partial charge in [-0.05, 0) is 6.92 Å². The average Bonchev–Trinajstić information content (AvgIpc) is 1.98. The summed E-state index contributed by atoms with van der Waals surface area (Å²) >= 11 is 0. The van der Waals surface area contributed by atoms with Gasteiger partial charge in [0, 0.05) is 20.1 Å². The van der Waals surface area contributed by atoms with Crippen molar-refractivity contribution in [2.75, 3.05) is 26.7 Å². The number of halogens is 1. The SMILES string of the molecule is CCNC(=NC)NCCO.I. The Balaban J connectivity index is 0. The lowest BCUT2D eigenvalue weighted by molar-refractivity contribution is 0.300. The van der Waals surface area contributed by atoms with Gasteiger partial charge in [-0.25, -0.2) is 0 Å². The average molecular weight is 273 g/mol. The predicted octanol–water partition coefficient (Wildman–Crippen LogP) is -0.218. The molecule has 0 amide bonds. The van der Waals surface area contributed by atoms with Crippen molar-refractivity contribution >= 4 is 29.9 Å². The van der Waals surface area contributed by atoms with Crippen LogP contribution >= 0.6 is 24.0 Å². The van der Waals surface area contributed by atoms with Crippen molar-refractivity contribution in [1.29, 1.82) is 0 Å². The van der Waals surface area contributed by atoms with Gasteiger partial charge in [-0.2, -0.15) is 0 Å². The zero-order valence-corrected chi connectivity index (χ0v) is 9.25. The molecule has 0 aliphatic carbocycles. The van der Waals surface area contributed by atoms with Gasteiger partial charge in [-0.1, -0.05) is 0 Å². The van der Waals surface area contributed by atoms with Gasteiger partial charge in [0.25, 0.3) is 0 Å². The highest BCUT2D eigenvalue weighted by molar-refractivity contribution is 14.0. The molecule has 0 aromatic carbocycles. The summed E-state index contributed by atoms with van der Waals surface area (Å²) in [6, 6.07) is 0. The third kappa shape index (κ3) is 7.86. The van der Waals surface area contributed by atoms with Crippen LogP contribution in [-0.2, 0) is 0 Å². The molecule has 0 spiro atoms. The number of rotatable bonds is 3. The van der Waals surface area contributed by atoms with Gasteiger partial charge in [-0.3, -0.25) is 4.99 Å². The monoisotopic (exact) mass is 273 g/mol. The van der Waals surface area contributed by atoms with Crippen molar-refractivity contribution in [1.82, 2.24) is 10.6 Å². The zero-order valence-electron chi connectivity index (χ0n) is 6.92. The fraction of sp³-hybridized carbons (Fsp3) is 0.833.